The second kappa shape index (κ2) is 5.00. The normalized spacial score (nSPS) is 10.9. The topological polar surface area (TPSA) is 66.7 Å². The Bertz CT molecular complexity index is 797. The molecule has 2 aromatic carbocycles. The monoisotopic (exact) mass is 350 g/mol. The number of halogens is 2. The van der Waals surface area contributed by atoms with Crippen LogP contribution in [-0.4, -0.2) is 10.2 Å². The quantitative estimate of drug-likeness (QED) is 0.590. The SMILES string of the molecule is Cc1cc(Br)c(Nc2cc3[nH]ncc3cc2N)cc1Cl. The van der Waals surface area contributed by atoms with Crippen molar-refractivity contribution < 1.29 is 0 Å². The molecule has 0 aliphatic heterocycles. The van der Waals surface area contributed by atoms with E-state index in [0.29, 0.717) is 10.7 Å². The molecule has 0 unspecified atom stereocenters. The van der Waals surface area contributed by atoms with Crippen LogP contribution in [0.5, 0.6) is 0 Å². The third-order valence-corrected chi connectivity index (χ3v) is 4.19. The van der Waals surface area contributed by atoms with Crippen LogP contribution in [0.2, 0.25) is 5.02 Å². The maximum atomic E-state index is 6.16. The number of aryl methyl sites for hydroxylation is 1. The molecule has 6 heteroatoms. The van der Waals surface area contributed by atoms with Gasteiger partial charge in [-0.1, -0.05) is 11.6 Å². The Morgan fingerprint density at radius 1 is 1.25 bits per heavy atom. The van der Waals surface area contributed by atoms with Gasteiger partial charge in [0.15, 0.2) is 0 Å². The number of nitrogens with two attached hydrogens (primary N) is 1. The molecule has 0 atom stereocenters. The van der Waals surface area contributed by atoms with Crippen molar-refractivity contribution in [2.75, 3.05) is 11.1 Å². The van der Waals surface area contributed by atoms with Gasteiger partial charge >= 0.3 is 0 Å². The van der Waals surface area contributed by atoms with E-state index in [9.17, 15) is 0 Å². The summed E-state index contributed by atoms with van der Waals surface area (Å²) >= 11 is 9.68. The Hall–Kier alpha value is -1.72. The highest BCUT2D eigenvalue weighted by Gasteiger charge is 2.08. The first-order chi connectivity index (χ1) is 9.54. The third kappa shape index (κ3) is 2.34. The zero-order valence-corrected chi connectivity index (χ0v) is 13.0. The van der Waals surface area contributed by atoms with Crippen LogP contribution in [-0.2, 0) is 0 Å². The predicted octanol–water partition coefficient (Wildman–Crippen LogP) is 4.61. The highest BCUT2D eigenvalue weighted by Crippen LogP contribution is 2.34. The fraction of sp³-hybridized carbons (Fsp3) is 0.0714. The Labute approximate surface area is 129 Å². The van der Waals surface area contributed by atoms with Crippen LogP contribution in [0.15, 0.2) is 34.9 Å². The molecule has 3 aromatic rings. The first kappa shape index (κ1) is 13.3. The number of rotatable bonds is 2. The van der Waals surface area contributed by atoms with E-state index < -0.39 is 0 Å². The summed E-state index contributed by atoms with van der Waals surface area (Å²) in [6.45, 7) is 1.96. The van der Waals surface area contributed by atoms with Crippen molar-refractivity contribution in [2.45, 2.75) is 6.92 Å². The second-order valence-corrected chi connectivity index (χ2v) is 5.86. The maximum absolute atomic E-state index is 6.16. The van der Waals surface area contributed by atoms with E-state index in [1.54, 1.807) is 6.20 Å². The zero-order chi connectivity index (χ0) is 14.3. The average Bonchev–Trinajstić information content (AvgIpc) is 2.83. The molecular formula is C14H12BrClN4. The van der Waals surface area contributed by atoms with Gasteiger partial charge in [0.25, 0.3) is 0 Å². The summed E-state index contributed by atoms with van der Waals surface area (Å²) in [4.78, 5) is 0. The van der Waals surface area contributed by atoms with Gasteiger partial charge < -0.3 is 11.1 Å². The van der Waals surface area contributed by atoms with Crippen LogP contribution in [0.4, 0.5) is 17.1 Å². The van der Waals surface area contributed by atoms with E-state index in [0.717, 1.165) is 32.3 Å². The lowest BCUT2D eigenvalue weighted by atomic mass is 10.2. The highest BCUT2D eigenvalue weighted by molar-refractivity contribution is 9.10. The molecule has 1 heterocycles. The van der Waals surface area contributed by atoms with Crippen molar-refractivity contribution in [2.24, 2.45) is 0 Å². The standard InChI is InChI=1S/C14H12BrClN4/c1-7-2-9(15)13(4-10(7)16)19-14-5-12-8(3-11(14)17)6-18-20-12/h2-6,19H,17H2,1H3,(H,18,20). The van der Waals surface area contributed by atoms with E-state index in [1.165, 1.54) is 0 Å². The van der Waals surface area contributed by atoms with Gasteiger partial charge in [-0.15, -0.1) is 0 Å². The van der Waals surface area contributed by atoms with Crippen LogP contribution < -0.4 is 11.1 Å². The molecule has 0 saturated heterocycles. The van der Waals surface area contributed by atoms with Crippen LogP contribution in [0.25, 0.3) is 10.9 Å². The Balaban J connectivity index is 2.04. The van der Waals surface area contributed by atoms with Gasteiger partial charge in [0.2, 0.25) is 0 Å². The third-order valence-electron chi connectivity index (χ3n) is 3.13. The number of nitrogens with one attached hydrogen (secondary N) is 2. The first-order valence-electron chi connectivity index (χ1n) is 6.00. The highest BCUT2D eigenvalue weighted by atomic mass is 79.9. The van der Waals surface area contributed by atoms with Crippen molar-refractivity contribution in [3.8, 4) is 0 Å². The van der Waals surface area contributed by atoms with E-state index in [4.69, 9.17) is 17.3 Å². The molecule has 0 bridgehead atoms. The number of nitrogens with zero attached hydrogens (tertiary/aromatic N) is 1. The summed E-state index contributed by atoms with van der Waals surface area (Å²) in [6, 6.07) is 7.65. The smallest absolute Gasteiger partial charge is 0.0672 e. The lowest BCUT2D eigenvalue weighted by Gasteiger charge is -2.12. The Kier molecular flexibility index (Phi) is 3.31. The summed E-state index contributed by atoms with van der Waals surface area (Å²) in [5.74, 6) is 0. The summed E-state index contributed by atoms with van der Waals surface area (Å²) < 4.78 is 0.934. The molecule has 0 amide bonds. The van der Waals surface area contributed by atoms with Crippen molar-refractivity contribution in [3.05, 3.63) is 45.5 Å². The summed E-state index contributed by atoms with van der Waals surface area (Å²) in [5.41, 5.74) is 10.3. The molecule has 0 aliphatic carbocycles. The number of benzene rings is 2. The minimum absolute atomic E-state index is 0.655. The number of hydrogen-bond donors (Lipinski definition) is 3. The number of hydrogen-bond acceptors (Lipinski definition) is 3. The number of aromatic nitrogens is 2. The van der Waals surface area contributed by atoms with E-state index in [2.05, 4.69) is 31.4 Å². The molecule has 0 fully saturated rings. The van der Waals surface area contributed by atoms with Gasteiger partial charge in [-0.25, -0.2) is 0 Å². The van der Waals surface area contributed by atoms with Crippen molar-refractivity contribution in [1.82, 2.24) is 10.2 Å². The van der Waals surface area contributed by atoms with E-state index in [-0.39, 0.29) is 0 Å². The second-order valence-electron chi connectivity index (χ2n) is 4.60. The van der Waals surface area contributed by atoms with Crippen LogP contribution in [0.1, 0.15) is 5.56 Å². The largest absolute Gasteiger partial charge is 0.397 e. The van der Waals surface area contributed by atoms with E-state index >= 15 is 0 Å². The number of H-pyrrole nitrogens is 1. The summed E-state index contributed by atoms with van der Waals surface area (Å²) in [7, 11) is 0. The summed E-state index contributed by atoms with van der Waals surface area (Å²) in [6.07, 6.45) is 1.74. The fourth-order valence-corrected chi connectivity index (χ4v) is 2.73. The van der Waals surface area contributed by atoms with E-state index in [1.807, 2.05) is 31.2 Å². The zero-order valence-electron chi connectivity index (χ0n) is 10.7. The molecular weight excluding hydrogens is 340 g/mol. The Morgan fingerprint density at radius 3 is 2.85 bits per heavy atom. The minimum atomic E-state index is 0.655. The molecule has 4 nitrogen and oxygen atoms in total. The lowest BCUT2D eigenvalue weighted by molar-refractivity contribution is 1.12. The molecule has 0 saturated carbocycles. The molecule has 0 aliphatic rings. The van der Waals surface area contributed by atoms with Gasteiger partial charge in [-0.3, -0.25) is 5.10 Å². The maximum Gasteiger partial charge on any atom is 0.0672 e. The molecule has 1 aromatic heterocycles. The van der Waals surface area contributed by atoms with Crippen LogP contribution >= 0.6 is 27.5 Å². The number of fused-ring (bicyclic) bond motifs is 1. The molecule has 4 N–H and O–H groups in total. The molecule has 102 valence electrons. The predicted molar refractivity (Wildman–Crippen MR) is 87.7 cm³/mol. The van der Waals surface area contributed by atoms with Crippen LogP contribution in [0, 0.1) is 6.92 Å². The first-order valence-corrected chi connectivity index (χ1v) is 7.17. The average molecular weight is 352 g/mol. The molecule has 0 radical (unpaired) electrons. The molecule has 3 rings (SSSR count). The van der Waals surface area contributed by atoms with Crippen molar-refractivity contribution in [3.63, 3.8) is 0 Å². The van der Waals surface area contributed by atoms with Crippen molar-refractivity contribution in [1.29, 1.82) is 0 Å². The number of nitrogen functional groups attached to an aromatic ring is 1. The van der Waals surface area contributed by atoms with Gasteiger partial charge in [0.1, 0.15) is 0 Å². The minimum Gasteiger partial charge on any atom is -0.397 e. The summed E-state index contributed by atoms with van der Waals surface area (Å²) in [5, 5.41) is 11.9. The lowest BCUT2D eigenvalue weighted by Crippen LogP contribution is -1.97. The Morgan fingerprint density at radius 2 is 2.05 bits per heavy atom. The molecule has 0 spiro atoms. The van der Waals surface area contributed by atoms with Gasteiger partial charge in [0, 0.05) is 14.9 Å². The fourth-order valence-electron chi connectivity index (χ4n) is 2.00. The van der Waals surface area contributed by atoms with Crippen LogP contribution in [0.3, 0.4) is 0 Å². The number of aromatic amines is 1. The van der Waals surface area contributed by atoms with Gasteiger partial charge in [-0.2, -0.15) is 5.10 Å². The molecule has 20 heavy (non-hydrogen) atoms. The van der Waals surface area contributed by atoms with Crippen molar-refractivity contribution >= 4 is 55.5 Å². The van der Waals surface area contributed by atoms with Gasteiger partial charge in [0.05, 0.1) is 28.8 Å². The van der Waals surface area contributed by atoms with Gasteiger partial charge in [-0.05, 0) is 52.7 Å². The number of anilines is 3.